The lowest BCUT2D eigenvalue weighted by atomic mass is 10.1. The highest BCUT2D eigenvalue weighted by atomic mass is 16.5. The first kappa shape index (κ1) is 12.1. The predicted octanol–water partition coefficient (Wildman–Crippen LogP) is -1.03. The zero-order chi connectivity index (χ0) is 11.3. The lowest BCUT2D eigenvalue weighted by molar-refractivity contribution is -0.141. The quantitative estimate of drug-likeness (QED) is 0.492. The Morgan fingerprint density at radius 2 is 2.40 bits per heavy atom. The van der Waals surface area contributed by atoms with Crippen molar-refractivity contribution >= 4 is 12.3 Å². The van der Waals surface area contributed by atoms with Gasteiger partial charge in [0.25, 0.3) is 0 Å². The number of nitrogens with one attached hydrogen (secondary N) is 1. The fourth-order valence-electron chi connectivity index (χ4n) is 1.50. The molecule has 0 spiro atoms. The van der Waals surface area contributed by atoms with Gasteiger partial charge in [-0.3, -0.25) is 10.1 Å². The van der Waals surface area contributed by atoms with Gasteiger partial charge < -0.3 is 19.7 Å². The molecule has 0 aromatic heterocycles. The first-order valence-electron chi connectivity index (χ1n) is 4.85. The molecule has 15 heavy (non-hydrogen) atoms. The number of carbonyl (C=O) groups excluding carboxylic acids is 1. The van der Waals surface area contributed by atoms with Crippen LogP contribution < -0.4 is 5.32 Å². The first-order chi connectivity index (χ1) is 7.17. The number of carboxylic acid groups (broad SMARTS) is 1. The third-order valence-corrected chi connectivity index (χ3v) is 2.34. The van der Waals surface area contributed by atoms with Gasteiger partial charge in [-0.2, -0.15) is 0 Å². The molecule has 1 rings (SSSR count). The van der Waals surface area contributed by atoms with E-state index in [0.29, 0.717) is 19.3 Å². The van der Waals surface area contributed by atoms with Crippen molar-refractivity contribution in [2.45, 2.75) is 25.2 Å². The summed E-state index contributed by atoms with van der Waals surface area (Å²) in [5.41, 5.74) is 0. The van der Waals surface area contributed by atoms with Gasteiger partial charge in [-0.15, -0.1) is 0 Å². The Bertz CT molecular complexity index is 233. The molecule has 1 fully saturated rings. The molecule has 0 saturated carbocycles. The zero-order valence-corrected chi connectivity index (χ0v) is 8.26. The summed E-state index contributed by atoms with van der Waals surface area (Å²) in [4.78, 5) is 21.1. The Morgan fingerprint density at radius 1 is 1.67 bits per heavy atom. The van der Waals surface area contributed by atoms with Crippen LogP contribution in [0.1, 0.15) is 12.8 Å². The third-order valence-electron chi connectivity index (χ3n) is 2.34. The van der Waals surface area contributed by atoms with Crippen LogP contribution in [0.15, 0.2) is 0 Å². The Morgan fingerprint density at radius 3 is 2.87 bits per heavy atom. The van der Waals surface area contributed by atoms with Crippen molar-refractivity contribution in [2.75, 3.05) is 13.2 Å². The average Bonchev–Trinajstić information content (AvgIpc) is 2.65. The molecule has 1 saturated heterocycles. The minimum atomic E-state index is -0.863. The van der Waals surface area contributed by atoms with Gasteiger partial charge in [0.2, 0.25) is 0 Å². The number of hydrogen-bond donors (Lipinski definition) is 3. The molecular formula is C9H15NO5. The van der Waals surface area contributed by atoms with Crippen molar-refractivity contribution in [1.29, 1.82) is 0 Å². The number of carboxylic acids is 1. The van der Waals surface area contributed by atoms with E-state index < -0.39 is 24.2 Å². The second kappa shape index (κ2) is 5.79. The Labute approximate surface area is 87.2 Å². The Kier molecular flexibility index (Phi) is 4.67. The van der Waals surface area contributed by atoms with Gasteiger partial charge in [-0.1, -0.05) is 0 Å². The van der Waals surface area contributed by atoms with E-state index in [1.165, 1.54) is 0 Å². The standard InChI is InChI=1S/C9H15NO5/c11-2-1-7(5-12)15-8-3-6(4-10-8)9(13)14/h5-8,10-11H,1-4H2,(H,13,14). The van der Waals surface area contributed by atoms with Gasteiger partial charge in [-0.05, 0) is 0 Å². The van der Waals surface area contributed by atoms with E-state index in [9.17, 15) is 9.59 Å². The highest BCUT2D eigenvalue weighted by molar-refractivity contribution is 5.70. The maximum Gasteiger partial charge on any atom is 0.307 e. The fourth-order valence-corrected chi connectivity index (χ4v) is 1.50. The number of hydrogen-bond acceptors (Lipinski definition) is 5. The summed E-state index contributed by atoms with van der Waals surface area (Å²) in [6.45, 7) is 0.225. The molecule has 3 atom stereocenters. The number of aliphatic hydroxyl groups is 1. The van der Waals surface area contributed by atoms with Crippen LogP contribution in [0, 0.1) is 5.92 Å². The van der Waals surface area contributed by atoms with Gasteiger partial charge in [-0.25, -0.2) is 0 Å². The molecule has 0 aromatic carbocycles. The van der Waals surface area contributed by atoms with Crippen molar-refractivity contribution in [1.82, 2.24) is 5.32 Å². The third kappa shape index (κ3) is 3.58. The summed E-state index contributed by atoms with van der Waals surface area (Å²) in [5, 5.41) is 20.2. The van der Waals surface area contributed by atoms with Crippen LogP contribution in [0.5, 0.6) is 0 Å². The zero-order valence-electron chi connectivity index (χ0n) is 8.26. The molecule has 3 N–H and O–H groups in total. The van der Waals surface area contributed by atoms with E-state index in [1.54, 1.807) is 0 Å². The van der Waals surface area contributed by atoms with E-state index in [1.807, 2.05) is 0 Å². The van der Waals surface area contributed by atoms with Crippen LogP contribution in [0.25, 0.3) is 0 Å². The maximum atomic E-state index is 10.6. The molecule has 0 aromatic rings. The first-order valence-corrected chi connectivity index (χ1v) is 4.85. The SMILES string of the molecule is O=CC(CCO)OC1CC(C(=O)O)CN1. The van der Waals surface area contributed by atoms with Gasteiger partial charge in [0.05, 0.1) is 5.92 Å². The molecule has 1 aliphatic rings. The minimum absolute atomic E-state index is 0.127. The summed E-state index contributed by atoms with van der Waals surface area (Å²) in [6.07, 6.45) is 0.129. The van der Waals surface area contributed by atoms with E-state index in [-0.39, 0.29) is 13.0 Å². The minimum Gasteiger partial charge on any atom is -0.481 e. The molecule has 0 amide bonds. The number of ether oxygens (including phenoxy) is 1. The number of aliphatic carboxylic acids is 1. The Balaban J connectivity index is 2.34. The molecule has 3 unspecified atom stereocenters. The highest BCUT2D eigenvalue weighted by Crippen LogP contribution is 2.16. The molecule has 1 heterocycles. The van der Waals surface area contributed by atoms with Crippen LogP contribution in [-0.4, -0.2) is 48.0 Å². The highest BCUT2D eigenvalue weighted by Gasteiger charge is 2.31. The van der Waals surface area contributed by atoms with Gasteiger partial charge >= 0.3 is 5.97 Å². The van der Waals surface area contributed by atoms with E-state index in [4.69, 9.17) is 14.9 Å². The number of carbonyl (C=O) groups is 2. The smallest absolute Gasteiger partial charge is 0.307 e. The van der Waals surface area contributed by atoms with Crippen LogP contribution in [-0.2, 0) is 14.3 Å². The normalized spacial score (nSPS) is 27.5. The lowest BCUT2D eigenvalue weighted by Crippen LogP contribution is -2.31. The Hall–Kier alpha value is -0.980. The van der Waals surface area contributed by atoms with Gasteiger partial charge in [0.1, 0.15) is 18.6 Å². The molecule has 6 nitrogen and oxygen atoms in total. The summed E-state index contributed by atoms with van der Waals surface area (Å²) in [6, 6.07) is 0. The summed E-state index contributed by atoms with van der Waals surface area (Å²) in [5.74, 6) is -1.32. The van der Waals surface area contributed by atoms with Crippen molar-refractivity contribution in [3.05, 3.63) is 0 Å². The van der Waals surface area contributed by atoms with Gasteiger partial charge in [0.15, 0.2) is 0 Å². The summed E-state index contributed by atoms with van der Waals surface area (Å²) >= 11 is 0. The molecule has 1 aliphatic heterocycles. The van der Waals surface area contributed by atoms with Crippen LogP contribution in [0.2, 0.25) is 0 Å². The molecule has 0 bridgehead atoms. The average molecular weight is 217 g/mol. The molecule has 86 valence electrons. The van der Waals surface area contributed by atoms with Crippen LogP contribution >= 0.6 is 0 Å². The second-order valence-corrected chi connectivity index (χ2v) is 3.49. The van der Waals surface area contributed by atoms with Gasteiger partial charge in [0, 0.05) is 26.0 Å². The summed E-state index contributed by atoms with van der Waals surface area (Å²) in [7, 11) is 0. The number of rotatable bonds is 6. The van der Waals surface area contributed by atoms with E-state index in [2.05, 4.69) is 5.32 Å². The fraction of sp³-hybridized carbons (Fsp3) is 0.778. The maximum absolute atomic E-state index is 10.6. The van der Waals surface area contributed by atoms with Crippen molar-refractivity contribution in [2.24, 2.45) is 5.92 Å². The topological polar surface area (TPSA) is 95.9 Å². The molecular weight excluding hydrogens is 202 g/mol. The number of aldehydes is 1. The second-order valence-electron chi connectivity index (χ2n) is 3.49. The lowest BCUT2D eigenvalue weighted by Gasteiger charge is -2.16. The van der Waals surface area contributed by atoms with Crippen molar-refractivity contribution < 1.29 is 24.5 Å². The number of aliphatic hydroxyl groups excluding tert-OH is 1. The molecule has 6 heteroatoms. The summed E-state index contributed by atoms with van der Waals surface area (Å²) < 4.78 is 5.28. The molecule has 0 aliphatic carbocycles. The van der Waals surface area contributed by atoms with E-state index in [0.717, 1.165) is 0 Å². The predicted molar refractivity (Wildman–Crippen MR) is 50.2 cm³/mol. The van der Waals surface area contributed by atoms with Crippen LogP contribution in [0.3, 0.4) is 0 Å². The largest absolute Gasteiger partial charge is 0.481 e. The van der Waals surface area contributed by atoms with Crippen molar-refractivity contribution in [3.8, 4) is 0 Å². The monoisotopic (exact) mass is 217 g/mol. The van der Waals surface area contributed by atoms with Crippen molar-refractivity contribution in [3.63, 3.8) is 0 Å². The van der Waals surface area contributed by atoms with E-state index >= 15 is 0 Å². The molecule has 0 radical (unpaired) electrons. The van der Waals surface area contributed by atoms with Crippen LogP contribution in [0.4, 0.5) is 0 Å².